The molecule has 2 aliphatic rings. The molecule has 1 amide bonds. The molecule has 0 saturated heterocycles. The Morgan fingerprint density at radius 3 is 2.86 bits per heavy atom. The number of methoxy groups -OCH3 is 1. The predicted octanol–water partition coefficient (Wildman–Crippen LogP) is 3.30. The molecule has 2 saturated carbocycles. The third-order valence-corrected chi connectivity index (χ3v) is 5.23. The molecular formula is C16H21ClN2O2. The Kier molecular flexibility index (Phi) is 4.07. The minimum atomic E-state index is -0.104. The number of ether oxygens (including phenoxy) is 1. The lowest BCUT2D eigenvalue weighted by molar-refractivity contribution is 0.0914. The molecule has 21 heavy (non-hydrogen) atoms. The minimum absolute atomic E-state index is 0.104. The van der Waals surface area contributed by atoms with Crippen molar-refractivity contribution < 1.29 is 9.53 Å². The second kappa shape index (κ2) is 5.84. The molecule has 1 N–H and O–H groups in total. The number of aromatic nitrogens is 1. The van der Waals surface area contributed by atoms with E-state index in [0.717, 1.165) is 11.8 Å². The minimum Gasteiger partial charge on any atom is -0.481 e. The van der Waals surface area contributed by atoms with E-state index in [1.807, 2.05) is 0 Å². The van der Waals surface area contributed by atoms with Gasteiger partial charge in [0.25, 0.3) is 5.91 Å². The van der Waals surface area contributed by atoms with E-state index in [1.165, 1.54) is 32.8 Å². The van der Waals surface area contributed by atoms with E-state index in [4.69, 9.17) is 16.3 Å². The molecule has 0 aliphatic heterocycles. The fourth-order valence-corrected chi connectivity index (χ4v) is 4.21. The first-order chi connectivity index (χ1) is 10.1. The molecule has 1 aromatic rings. The SMILES string of the molecule is COc1cc(C(=O)NC(C)C2CC3CCC2C3)cc(Cl)n1. The zero-order chi connectivity index (χ0) is 15.0. The number of hydrogen-bond donors (Lipinski definition) is 1. The monoisotopic (exact) mass is 308 g/mol. The highest BCUT2D eigenvalue weighted by Gasteiger charge is 2.42. The van der Waals surface area contributed by atoms with Crippen LogP contribution in [0, 0.1) is 17.8 Å². The lowest BCUT2D eigenvalue weighted by Crippen LogP contribution is -2.40. The van der Waals surface area contributed by atoms with Crippen molar-refractivity contribution in [3.05, 3.63) is 22.8 Å². The normalized spacial score (nSPS) is 28.4. The quantitative estimate of drug-likeness (QED) is 0.868. The summed E-state index contributed by atoms with van der Waals surface area (Å²) >= 11 is 5.92. The van der Waals surface area contributed by atoms with E-state index < -0.39 is 0 Å². The number of carbonyl (C=O) groups is 1. The average Bonchev–Trinajstić information content (AvgIpc) is 3.09. The van der Waals surface area contributed by atoms with Crippen LogP contribution in [0.3, 0.4) is 0 Å². The number of pyridine rings is 1. The Morgan fingerprint density at radius 2 is 2.24 bits per heavy atom. The molecule has 0 radical (unpaired) electrons. The number of hydrogen-bond acceptors (Lipinski definition) is 3. The van der Waals surface area contributed by atoms with Crippen molar-refractivity contribution in [1.29, 1.82) is 0 Å². The summed E-state index contributed by atoms with van der Waals surface area (Å²) in [4.78, 5) is 16.4. The maximum atomic E-state index is 12.4. The van der Waals surface area contributed by atoms with Gasteiger partial charge in [0, 0.05) is 17.7 Å². The van der Waals surface area contributed by atoms with Gasteiger partial charge >= 0.3 is 0 Å². The van der Waals surface area contributed by atoms with E-state index in [9.17, 15) is 4.79 Å². The Balaban J connectivity index is 1.67. The number of fused-ring (bicyclic) bond motifs is 2. The number of carbonyl (C=O) groups excluding carboxylic acids is 1. The van der Waals surface area contributed by atoms with Gasteiger partial charge in [-0.15, -0.1) is 0 Å². The summed E-state index contributed by atoms with van der Waals surface area (Å²) in [5.41, 5.74) is 0.502. The van der Waals surface area contributed by atoms with Crippen molar-refractivity contribution in [2.24, 2.45) is 17.8 Å². The average molecular weight is 309 g/mol. The third kappa shape index (κ3) is 3.00. The Morgan fingerprint density at radius 1 is 1.43 bits per heavy atom. The Hall–Kier alpha value is -1.29. The maximum absolute atomic E-state index is 12.4. The first kappa shape index (κ1) is 14.6. The lowest BCUT2D eigenvalue weighted by Gasteiger charge is -2.28. The van der Waals surface area contributed by atoms with Crippen LogP contribution in [0.15, 0.2) is 12.1 Å². The summed E-state index contributed by atoms with van der Waals surface area (Å²) in [5, 5.41) is 3.39. The van der Waals surface area contributed by atoms with Crippen LogP contribution in [0.25, 0.3) is 0 Å². The van der Waals surface area contributed by atoms with Crippen molar-refractivity contribution in [3.63, 3.8) is 0 Å². The molecule has 2 aliphatic carbocycles. The van der Waals surface area contributed by atoms with Gasteiger partial charge in [0.15, 0.2) is 0 Å². The van der Waals surface area contributed by atoms with Crippen LogP contribution in [-0.2, 0) is 0 Å². The summed E-state index contributed by atoms with van der Waals surface area (Å²) in [7, 11) is 1.51. The second-order valence-electron chi connectivity index (χ2n) is 6.32. The molecule has 4 nitrogen and oxygen atoms in total. The molecule has 1 heterocycles. The van der Waals surface area contributed by atoms with Crippen LogP contribution in [0.4, 0.5) is 0 Å². The van der Waals surface area contributed by atoms with E-state index in [1.54, 1.807) is 12.1 Å². The zero-order valence-electron chi connectivity index (χ0n) is 12.4. The van der Waals surface area contributed by atoms with E-state index >= 15 is 0 Å². The summed E-state index contributed by atoms with van der Waals surface area (Å²) < 4.78 is 5.06. The molecule has 0 aromatic carbocycles. The van der Waals surface area contributed by atoms with Gasteiger partial charge in [-0.2, -0.15) is 0 Å². The number of halogens is 1. The second-order valence-corrected chi connectivity index (χ2v) is 6.71. The van der Waals surface area contributed by atoms with Crippen LogP contribution in [0.1, 0.15) is 43.0 Å². The maximum Gasteiger partial charge on any atom is 0.251 e. The Labute approximate surface area is 130 Å². The molecule has 4 atom stereocenters. The first-order valence-corrected chi connectivity index (χ1v) is 7.97. The van der Waals surface area contributed by atoms with Gasteiger partial charge < -0.3 is 10.1 Å². The zero-order valence-corrected chi connectivity index (χ0v) is 13.2. The smallest absolute Gasteiger partial charge is 0.251 e. The van der Waals surface area contributed by atoms with Crippen LogP contribution in [-0.4, -0.2) is 24.0 Å². The molecule has 2 fully saturated rings. The fraction of sp³-hybridized carbons (Fsp3) is 0.625. The topological polar surface area (TPSA) is 51.2 Å². The molecule has 1 aromatic heterocycles. The Bertz CT molecular complexity index is 549. The van der Waals surface area contributed by atoms with Gasteiger partial charge in [-0.05, 0) is 50.0 Å². The van der Waals surface area contributed by atoms with Gasteiger partial charge in [0.1, 0.15) is 5.15 Å². The summed E-state index contributed by atoms with van der Waals surface area (Å²) in [6, 6.07) is 3.40. The fourth-order valence-electron chi connectivity index (χ4n) is 4.01. The molecule has 2 bridgehead atoms. The van der Waals surface area contributed by atoms with E-state index in [2.05, 4.69) is 17.2 Å². The van der Waals surface area contributed by atoms with E-state index in [0.29, 0.717) is 17.4 Å². The highest BCUT2D eigenvalue weighted by atomic mass is 35.5. The van der Waals surface area contributed by atoms with Crippen LogP contribution in [0.5, 0.6) is 5.88 Å². The molecular weight excluding hydrogens is 288 g/mol. The van der Waals surface area contributed by atoms with Crippen molar-refractivity contribution in [1.82, 2.24) is 10.3 Å². The predicted molar refractivity (Wildman–Crippen MR) is 81.7 cm³/mol. The largest absolute Gasteiger partial charge is 0.481 e. The molecule has 3 rings (SSSR count). The lowest BCUT2D eigenvalue weighted by atomic mass is 9.84. The van der Waals surface area contributed by atoms with Crippen molar-refractivity contribution >= 4 is 17.5 Å². The van der Waals surface area contributed by atoms with Crippen LogP contribution in [0.2, 0.25) is 5.15 Å². The standard InChI is InChI=1S/C16H21ClN2O2/c1-9(13-6-10-3-4-11(13)5-10)18-16(20)12-7-14(17)19-15(8-12)21-2/h7-11,13H,3-6H2,1-2H3,(H,18,20). The number of rotatable bonds is 4. The number of amides is 1. The summed E-state index contributed by atoms with van der Waals surface area (Å²) in [6.45, 7) is 2.11. The van der Waals surface area contributed by atoms with Crippen molar-refractivity contribution in [2.45, 2.75) is 38.6 Å². The van der Waals surface area contributed by atoms with Crippen molar-refractivity contribution in [3.8, 4) is 5.88 Å². The van der Waals surface area contributed by atoms with Gasteiger partial charge in [-0.3, -0.25) is 4.79 Å². The van der Waals surface area contributed by atoms with Gasteiger partial charge in [0.2, 0.25) is 5.88 Å². The summed E-state index contributed by atoms with van der Waals surface area (Å²) in [6.07, 6.45) is 5.30. The molecule has 4 unspecified atom stereocenters. The van der Waals surface area contributed by atoms with Gasteiger partial charge in [0.05, 0.1) is 7.11 Å². The first-order valence-electron chi connectivity index (χ1n) is 7.59. The highest BCUT2D eigenvalue weighted by molar-refractivity contribution is 6.29. The van der Waals surface area contributed by atoms with Crippen LogP contribution < -0.4 is 10.1 Å². The highest BCUT2D eigenvalue weighted by Crippen LogP contribution is 2.49. The third-order valence-electron chi connectivity index (χ3n) is 5.04. The van der Waals surface area contributed by atoms with Gasteiger partial charge in [-0.25, -0.2) is 4.98 Å². The number of nitrogens with zero attached hydrogens (tertiary/aromatic N) is 1. The molecule has 114 valence electrons. The van der Waals surface area contributed by atoms with E-state index in [-0.39, 0.29) is 17.1 Å². The van der Waals surface area contributed by atoms with Gasteiger partial charge in [-0.1, -0.05) is 18.0 Å². The van der Waals surface area contributed by atoms with Crippen LogP contribution >= 0.6 is 11.6 Å². The van der Waals surface area contributed by atoms with Crippen molar-refractivity contribution in [2.75, 3.05) is 7.11 Å². The molecule has 5 heteroatoms. The molecule has 0 spiro atoms. The number of nitrogens with one attached hydrogen (secondary N) is 1. The summed E-state index contributed by atoms with van der Waals surface area (Å²) in [5.74, 6) is 2.55.